The second-order valence-corrected chi connectivity index (χ2v) is 10.3. The van der Waals surface area contributed by atoms with Crippen LogP contribution in [0.5, 0.6) is 11.5 Å². The summed E-state index contributed by atoms with van der Waals surface area (Å²) in [5.41, 5.74) is 2.13. The number of halogens is 2. The van der Waals surface area contributed by atoms with Crippen LogP contribution in [0.15, 0.2) is 30.6 Å². The first-order valence-corrected chi connectivity index (χ1v) is 13.3. The smallest absolute Gasteiger partial charge is 0.346 e. The van der Waals surface area contributed by atoms with Gasteiger partial charge in [-0.2, -0.15) is 15.0 Å². The highest BCUT2D eigenvalue weighted by atomic mass is 35.5. The maximum Gasteiger partial charge on any atom is 0.346 e. The summed E-state index contributed by atoms with van der Waals surface area (Å²) in [6.07, 6.45) is 8.89. The normalized spacial score (nSPS) is 18.0. The van der Waals surface area contributed by atoms with Crippen molar-refractivity contribution < 1.29 is 14.6 Å². The third-order valence-electron chi connectivity index (χ3n) is 7.41. The molecule has 200 valence electrons. The van der Waals surface area contributed by atoms with Crippen molar-refractivity contribution >= 4 is 29.2 Å². The topological polar surface area (TPSA) is 108 Å². The van der Waals surface area contributed by atoms with Crippen LogP contribution < -0.4 is 4.74 Å². The van der Waals surface area contributed by atoms with Crippen LogP contribution >= 0.6 is 23.2 Å². The molecule has 39 heavy (non-hydrogen) atoms. The summed E-state index contributed by atoms with van der Waals surface area (Å²) in [7, 11) is 0. The highest BCUT2D eigenvalue weighted by Crippen LogP contribution is 2.47. The molecule has 0 saturated carbocycles. The second kappa shape index (κ2) is 11.2. The number of nitrogens with zero attached hydrogens (tertiary/aromatic N) is 6. The number of nitriles is 1. The molecule has 1 fully saturated rings. The van der Waals surface area contributed by atoms with Gasteiger partial charge in [-0.25, -0.2) is 9.78 Å². The number of ether oxygens (including phenoxy) is 1. The number of phenols is 1. The lowest BCUT2D eigenvalue weighted by atomic mass is 9.95. The van der Waals surface area contributed by atoms with Crippen LogP contribution in [-0.2, 0) is 13.0 Å². The molecule has 11 heteroatoms. The maximum atomic E-state index is 13.4. The lowest BCUT2D eigenvalue weighted by Gasteiger charge is -2.36. The summed E-state index contributed by atoms with van der Waals surface area (Å²) >= 11 is 13.3. The Morgan fingerprint density at radius 2 is 2.15 bits per heavy atom. The van der Waals surface area contributed by atoms with E-state index in [1.165, 1.54) is 17.1 Å². The quantitative estimate of drug-likeness (QED) is 0.456. The van der Waals surface area contributed by atoms with Gasteiger partial charge in [0.05, 0.1) is 22.5 Å². The first-order valence-electron chi connectivity index (χ1n) is 12.6. The number of fused-ring (bicyclic) bond motifs is 1. The molecule has 0 aliphatic carbocycles. The van der Waals surface area contributed by atoms with Crippen molar-refractivity contribution in [1.29, 1.82) is 5.26 Å². The van der Waals surface area contributed by atoms with E-state index in [-0.39, 0.29) is 30.3 Å². The fraction of sp³-hybridized carbons (Fsp3) is 0.357. The molecule has 2 aliphatic rings. The molecule has 0 radical (unpaired) electrons. The van der Waals surface area contributed by atoms with Crippen molar-refractivity contribution in [2.45, 2.75) is 44.8 Å². The number of amides is 1. The van der Waals surface area contributed by atoms with Crippen molar-refractivity contribution in [1.82, 2.24) is 24.6 Å². The van der Waals surface area contributed by atoms with Gasteiger partial charge in [0.15, 0.2) is 5.82 Å². The number of hydrogen-bond acceptors (Lipinski definition) is 7. The Kier molecular flexibility index (Phi) is 7.67. The third kappa shape index (κ3) is 4.90. The molecule has 3 heterocycles. The van der Waals surface area contributed by atoms with Crippen LogP contribution in [0.2, 0.25) is 10.0 Å². The molecule has 9 nitrogen and oxygen atoms in total. The summed E-state index contributed by atoms with van der Waals surface area (Å²) in [5.74, 6) is 3.50. The molecular formula is C28H26Cl2N6O3. The number of aromatic hydroxyl groups is 1. The Hall–Kier alpha value is -3.76. The zero-order chi connectivity index (χ0) is 27.7. The van der Waals surface area contributed by atoms with Crippen LogP contribution in [-0.4, -0.2) is 67.5 Å². The maximum absolute atomic E-state index is 13.4. The second-order valence-electron chi connectivity index (χ2n) is 9.55. The minimum absolute atomic E-state index is 0.00623. The van der Waals surface area contributed by atoms with E-state index in [2.05, 4.69) is 27.8 Å². The van der Waals surface area contributed by atoms with E-state index in [1.54, 1.807) is 12.1 Å². The van der Waals surface area contributed by atoms with E-state index in [4.69, 9.17) is 39.6 Å². The van der Waals surface area contributed by atoms with Gasteiger partial charge in [-0.15, -0.1) is 6.42 Å². The Bertz CT molecular complexity index is 1490. The molecule has 1 aromatic heterocycles. The zero-order valence-corrected chi connectivity index (χ0v) is 22.8. The molecule has 2 aromatic carbocycles. The number of likely N-dealkylation sites (tertiary alicyclic amines) is 1. The first kappa shape index (κ1) is 26.8. The van der Waals surface area contributed by atoms with Gasteiger partial charge in [-0.3, -0.25) is 4.90 Å². The lowest BCUT2D eigenvalue weighted by Crippen LogP contribution is -2.51. The summed E-state index contributed by atoms with van der Waals surface area (Å²) < 4.78 is 7.36. The minimum Gasteiger partial charge on any atom is -0.507 e. The molecule has 2 aliphatic heterocycles. The van der Waals surface area contributed by atoms with Crippen LogP contribution in [0, 0.1) is 23.7 Å². The Morgan fingerprint density at radius 1 is 1.33 bits per heavy atom. The van der Waals surface area contributed by atoms with E-state index >= 15 is 0 Å². The first-order chi connectivity index (χ1) is 18.8. The van der Waals surface area contributed by atoms with Crippen LogP contribution in [0.25, 0.3) is 11.1 Å². The van der Waals surface area contributed by atoms with Gasteiger partial charge in [0, 0.05) is 54.0 Å². The fourth-order valence-electron chi connectivity index (χ4n) is 5.50. The number of carbonyl (C=O) groups is 1. The number of phenolic OH excluding ortho intramolecular Hbond substituents is 1. The number of hydrogen-bond donors (Lipinski definition) is 1. The summed E-state index contributed by atoms with van der Waals surface area (Å²) in [4.78, 5) is 21.5. The molecule has 2 unspecified atom stereocenters. The monoisotopic (exact) mass is 564 g/mol. The molecule has 1 N–H and O–H groups in total. The van der Waals surface area contributed by atoms with E-state index in [1.807, 2.05) is 17.0 Å². The largest absolute Gasteiger partial charge is 0.507 e. The van der Waals surface area contributed by atoms with Gasteiger partial charge in [-0.1, -0.05) is 35.2 Å². The molecule has 5 rings (SSSR count). The molecule has 0 bridgehead atoms. The van der Waals surface area contributed by atoms with Crippen LogP contribution in [0.1, 0.15) is 36.7 Å². The van der Waals surface area contributed by atoms with Crippen LogP contribution in [0.4, 0.5) is 4.79 Å². The molecule has 0 spiro atoms. The van der Waals surface area contributed by atoms with Crippen molar-refractivity contribution in [2.75, 3.05) is 19.7 Å². The van der Waals surface area contributed by atoms with Gasteiger partial charge < -0.3 is 14.7 Å². The summed E-state index contributed by atoms with van der Waals surface area (Å²) in [6.45, 7) is 4.17. The molecule has 1 amide bonds. The van der Waals surface area contributed by atoms with E-state index in [0.29, 0.717) is 64.6 Å². The summed E-state index contributed by atoms with van der Waals surface area (Å²) in [6, 6.07) is 8.36. The standard InChI is InChI=1S/C28H26Cl2N6O3/c1-3-18-14-19-15-34(12-13-39-27(19)26(30)24(18)25-20(29)6-4-8-22(25)37)17(2)21-7-5-11-35(21)28(38)36-23(9-10-31)32-16-33-36/h1,4,6,8,14,16-17,21,37H,5,7,9,11-13,15H2,2H3. The van der Waals surface area contributed by atoms with E-state index in [0.717, 1.165) is 18.4 Å². The number of aromatic nitrogens is 3. The zero-order valence-electron chi connectivity index (χ0n) is 21.3. The van der Waals surface area contributed by atoms with Crippen molar-refractivity contribution in [3.63, 3.8) is 0 Å². The molecule has 3 aromatic rings. The number of terminal acetylenes is 1. The highest BCUT2D eigenvalue weighted by Gasteiger charge is 2.38. The van der Waals surface area contributed by atoms with Gasteiger partial charge >= 0.3 is 6.03 Å². The fourth-order valence-corrected chi connectivity index (χ4v) is 6.14. The van der Waals surface area contributed by atoms with E-state index < -0.39 is 0 Å². The summed E-state index contributed by atoms with van der Waals surface area (Å²) in [5, 5.41) is 24.3. The predicted octanol–water partition coefficient (Wildman–Crippen LogP) is 4.72. The van der Waals surface area contributed by atoms with Gasteiger partial charge in [-0.05, 0) is 38.0 Å². The predicted molar refractivity (Wildman–Crippen MR) is 147 cm³/mol. The van der Waals surface area contributed by atoms with Gasteiger partial charge in [0.25, 0.3) is 0 Å². The number of rotatable bonds is 4. The Labute approximate surface area is 236 Å². The Balaban J connectivity index is 1.44. The van der Waals surface area contributed by atoms with Crippen molar-refractivity contribution in [2.24, 2.45) is 0 Å². The Morgan fingerprint density at radius 3 is 2.90 bits per heavy atom. The third-order valence-corrected chi connectivity index (χ3v) is 8.08. The van der Waals surface area contributed by atoms with E-state index in [9.17, 15) is 9.90 Å². The van der Waals surface area contributed by atoms with Crippen molar-refractivity contribution in [3.8, 4) is 41.0 Å². The van der Waals surface area contributed by atoms with Gasteiger partial charge in [0.1, 0.15) is 24.4 Å². The van der Waals surface area contributed by atoms with Gasteiger partial charge in [0.2, 0.25) is 0 Å². The average Bonchev–Trinajstić information content (AvgIpc) is 3.54. The molecular weight excluding hydrogens is 539 g/mol. The molecule has 1 saturated heterocycles. The lowest BCUT2D eigenvalue weighted by molar-refractivity contribution is 0.109. The molecule has 2 atom stereocenters. The highest BCUT2D eigenvalue weighted by molar-refractivity contribution is 6.38. The minimum atomic E-state index is -0.277. The van der Waals surface area contributed by atoms with Crippen molar-refractivity contribution in [3.05, 3.63) is 57.6 Å². The SMILES string of the molecule is C#Cc1cc2c(c(Cl)c1-c1c(O)cccc1Cl)OCCN(C(C)C1CCCN1C(=O)n1ncnc1CC#N)C2. The number of benzene rings is 2. The number of carbonyl (C=O) groups excluding carboxylic acids is 1. The average molecular weight is 565 g/mol. The van der Waals surface area contributed by atoms with Crippen LogP contribution in [0.3, 0.4) is 0 Å².